The first-order chi connectivity index (χ1) is 8.72. The third-order valence-corrected chi connectivity index (χ3v) is 5.00. The Balaban J connectivity index is 2.13. The van der Waals surface area contributed by atoms with Crippen molar-refractivity contribution in [2.75, 3.05) is 12.4 Å². The summed E-state index contributed by atoms with van der Waals surface area (Å²) in [4.78, 5) is 14.4. The molecule has 0 radical (unpaired) electrons. The number of rotatable bonds is 2. The number of thiocarbonyl (C=S) groups is 1. The maximum absolute atomic E-state index is 12.1. The molecule has 1 unspecified atom stereocenters. The molecule has 106 valence electrons. The maximum atomic E-state index is 12.1. The summed E-state index contributed by atoms with van der Waals surface area (Å²) in [6.45, 7) is 1.54. The van der Waals surface area contributed by atoms with E-state index in [1.807, 2.05) is 6.92 Å². The number of ether oxygens (including phenoxy) is 1. The van der Waals surface area contributed by atoms with Gasteiger partial charge in [-0.15, -0.1) is 11.8 Å². The van der Waals surface area contributed by atoms with E-state index < -0.39 is 9.76 Å². The van der Waals surface area contributed by atoms with Gasteiger partial charge < -0.3 is 15.4 Å². The monoisotopic (exact) mass is 360 g/mol. The minimum Gasteiger partial charge on any atom is -0.456 e. The van der Waals surface area contributed by atoms with E-state index >= 15 is 0 Å². The Morgan fingerprint density at radius 3 is 2.84 bits per heavy atom. The number of nitrogens with zero attached hydrogens (tertiary/aromatic N) is 1. The molecule has 0 aromatic rings. The molecule has 2 rings (SSSR count). The number of fused-ring (bicyclic) bond motifs is 1. The molecule has 0 aromatic carbocycles. The first-order valence-electron chi connectivity index (χ1n) is 5.36. The SMILES string of the molecule is CC1=C(C(=O)OCC(Cl)(Cl)Cl)N2C(=S)[C@H](N)C2SC1. The molecule has 2 N–H and O–H groups in total. The molecule has 1 saturated heterocycles. The Bertz CT molecular complexity index is 464. The lowest BCUT2D eigenvalue weighted by molar-refractivity contribution is -0.140. The van der Waals surface area contributed by atoms with Gasteiger partial charge >= 0.3 is 5.97 Å². The molecule has 19 heavy (non-hydrogen) atoms. The van der Waals surface area contributed by atoms with Crippen LogP contribution < -0.4 is 5.73 Å². The minimum atomic E-state index is -1.63. The summed E-state index contributed by atoms with van der Waals surface area (Å²) in [7, 11) is 0. The van der Waals surface area contributed by atoms with Gasteiger partial charge in [-0.05, 0) is 12.5 Å². The van der Waals surface area contributed by atoms with Crippen LogP contribution in [-0.2, 0) is 9.53 Å². The normalized spacial score (nSPS) is 27.0. The van der Waals surface area contributed by atoms with Gasteiger partial charge in [0.05, 0.1) is 6.04 Å². The van der Waals surface area contributed by atoms with Crippen LogP contribution in [0.2, 0.25) is 0 Å². The van der Waals surface area contributed by atoms with Crippen molar-refractivity contribution >= 4 is 69.7 Å². The lowest BCUT2D eigenvalue weighted by Gasteiger charge is -2.50. The van der Waals surface area contributed by atoms with Gasteiger partial charge in [0, 0.05) is 5.75 Å². The van der Waals surface area contributed by atoms with E-state index in [0.717, 1.165) is 5.57 Å². The van der Waals surface area contributed by atoms with Crippen molar-refractivity contribution in [1.29, 1.82) is 0 Å². The van der Waals surface area contributed by atoms with Gasteiger partial charge in [0.1, 0.15) is 22.7 Å². The fourth-order valence-electron chi connectivity index (χ4n) is 1.87. The molecule has 2 aliphatic heterocycles. The standard InChI is InChI=1S/C10H11Cl3N2O2S2/c1-4-2-19-8-5(14)7(18)15(8)6(4)9(16)17-3-10(11,12)13/h5,8H,2-3,14H2,1H3/t5-,8?/m0/s1. The Morgan fingerprint density at radius 2 is 2.26 bits per heavy atom. The van der Waals surface area contributed by atoms with Gasteiger partial charge in [-0.1, -0.05) is 47.0 Å². The molecule has 2 heterocycles. The molecule has 1 fully saturated rings. The Morgan fingerprint density at radius 1 is 1.63 bits per heavy atom. The molecule has 4 nitrogen and oxygen atoms in total. The van der Waals surface area contributed by atoms with Crippen LogP contribution in [0.4, 0.5) is 0 Å². The topological polar surface area (TPSA) is 55.6 Å². The second-order valence-electron chi connectivity index (χ2n) is 4.26. The molecule has 0 amide bonds. The number of carbonyl (C=O) groups is 1. The summed E-state index contributed by atoms with van der Waals surface area (Å²) < 4.78 is 3.38. The van der Waals surface area contributed by atoms with Crippen molar-refractivity contribution in [3.8, 4) is 0 Å². The van der Waals surface area contributed by atoms with Crippen LogP contribution in [0.5, 0.6) is 0 Å². The predicted octanol–water partition coefficient (Wildman–Crippen LogP) is 2.22. The van der Waals surface area contributed by atoms with Crippen LogP contribution in [0.1, 0.15) is 6.92 Å². The minimum absolute atomic E-state index is 0.00786. The molecular formula is C10H11Cl3N2O2S2. The largest absolute Gasteiger partial charge is 0.456 e. The highest BCUT2D eigenvalue weighted by molar-refractivity contribution is 8.00. The van der Waals surface area contributed by atoms with E-state index in [4.69, 9.17) is 57.5 Å². The van der Waals surface area contributed by atoms with E-state index in [1.165, 1.54) is 0 Å². The van der Waals surface area contributed by atoms with Crippen LogP contribution in [0.3, 0.4) is 0 Å². The average Bonchev–Trinajstić information content (AvgIpc) is 2.33. The van der Waals surface area contributed by atoms with Crippen LogP contribution in [0.15, 0.2) is 11.3 Å². The van der Waals surface area contributed by atoms with Crippen LogP contribution in [0, 0.1) is 0 Å². The highest BCUT2D eigenvalue weighted by Crippen LogP contribution is 2.40. The van der Waals surface area contributed by atoms with E-state index in [-0.39, 0.29) is 18.0 Å². The number of carbonyl (C=O) groups excluding carboxylic acids is 1. The number of nitrogens with two attached hydrogens (primary N) is 1. The van der Waals surface area contributed by atoms with Crippen molar-refractivity contribution in [3.63, 3.8) is 0 Å². The number of hydrogen-bond donors (Lipinski definition) is 1. The summed E-state index contributed by atoms with van der Waals surface area (Å²) in [5.74, 6) is 0.166. The van der Waals surface area contributed by atoms with E-state index in [9.17, 15) is 4.79 Å². The summed E-state index contributed by atoms with van der Waals surface area (Å²) in [5, 5.41) is -0.00786. The average molecular weight is 362 g/mol. The first kappa shape index (κ1) is 15.7. The number of esters is 1. The van der Waals surface area contributed by atoms with Gasteiger partial charge in [-0.3, -0.25) is 0 Å². The van der Waals surface area contributed by atoms with Gasteiger partial charge in [0.25, 0.3) is 0 Å². The van der Waals surface area contributed by atoms with Crippen molar-refractivity contribution < 1.29 is 9.53 Å². The zero-order chi connectivity index (χ0) is 14.4. The Labute approximate surface area is 135 Å². The van der Waals surface area contributed by atoms with Gasteiger partial charge in [0.15, 0.2) is 0 Å². The molecule has 0 bridgehead atoms. The predicted molar refractivity (Wildman–Crippen MR) is 82.6 cm³/mol. The van der Waals surface area contributed by atoms with Gasteiger partial charge in [-0.2, -0.15) is 0 Å². The molecule has 9 heteroatoms. The fraction of sp³-hybridized carbons (Fsp3) is 0.600. The molecule has 2 aliphatic rings. The third-order valence-electron chi connectivity index (χ3n) is 2.76. The Kier molecular flexibility index (Phi) is 4.60. The zero-order valence-corrected chi connectivity index (χ0v) is 13.8. The molecule has 0 saturated carbocycles. The van der Waals surface area contributed by atoms with Crippen LogP contribution in [-0.4, -0.2) is 43.4 Å². The summed E-state index contributed by atoms with van der Waals surface area (Å²) in [6, 6.07) is -0.205. The van der Waals surface area contributed by atoms with Gasteiger partial charge in [-0.25, -0.2) is 4.79 Å². The van der Waals surface area contributed by atoms with Gasteiger partial charge in [0.2, 0.25) is 3.79 Å². The van der Waals surface area contributed by atoms with E-state index in [0.29, 0.717) is 16.4 Å². The van der Waals surface area contributed by atoms with Crippen molar-refractivity contribution in [2.24, 2.45) is 5.73 Å². The molecule has 0 aliphatic carbocycles. The van der Waals surface area contributed by atoms with Crippen LogP contribution >= 0.6 is 58.8 Å². The highest BCUT2D eigenvalue weighted by atomic mass is 35.6. The van der Waals surface area contributed by atoms with E-state index in [1.54, 1.807) is 16.7 Å². The number of alkyl halides is 3. The van der Waals surface area contributed by atoms with Crippen molar-refractivity contribution in [1.82, 2.24) is 4.90 Å². The smallest absolute Gasteiger partial charge is 0.355 e. The summed E-state index contributed by atoms with van der Waals surface area (Å²) in [6.07, 6.45) is 0. The molecular weight excluding hydrogens is 351 g/mol. The lowest BCUT2D eigenvalue weighted by Crippen LogP contribution is -2.67. The molecule has 0 aromatic heterocycles. The highest BCUT2D eigenvalue weighted by Gasteiger charge is 2.48. The lowest BCUT2D eigenvalue weighted by atomic mass is 10.1. The van der Waals surface area contributed by atoms with Crippen molar-refractivity contribution in [3.05, 3.63) is 11.3 Å². The quantitative estimate of drug-likeness (QED) is 0.462. The fourth-order valence-corrected chi connectivity index (χ4v) is 3.79. The van der Waals surface area contributed by atoms with Crippen LogP contribution in [0.25, 0.3) is 0 Å². The first-order valence-corrected chi connectivity index (χ1v) is 7.95. The number of halogens is 3. The summed E-state index contributed by atoms with van der Waals surface area (Å²) in [5.41, 5.74) is 7.19. The van der Waals surface area contributed by atoms with Crippen molar-refractivity contribution in [2.45, 2.75) is 22.1 Å². The summed E-state index contributed by atoms with van der Waals surface area (Å²) >= 11 is 23.5. The maximum Gasteiger partial charge on any atom is 0.355 e. The number of hydrogen-bond acceptors (Lipinski definition) is 5. The third kappa shape index (κ3) is 3.14. The zero-order valence-electron chi connectivity index (χ0n) is 9.86. The van der Waals surface area contributed by atoms with E-state index in [2.05, 4.69) is 0 Å². The second kappa shape index (κ2) is 5.58. The molecule has 0 spiro atoms. The second-order valence-corrected chi connectivity index (χ2v) is 8.30. The molecule has 2 atom stereocenters. The number of thioether (sulfide) groups is 1. The Hall–Kier alpha value is 0.280.